The number of hydrogen-bond acceptors (Lipinski definition) is 1. The predicted octanol–water partition coefficient (Wildman–Crippen LogP) is 2.56. The second kappa shape index (κ2) is 7.35. The molecule has 0 aromatic carbocycles. The first kappa shape index (κ1) is 8.35. The van der Waals surface area contributed by atoms with E-state index in [1.54, 1.807) is 0 Å². The van der Waals surface area contributed by atoms with Crippen LogP contribution in [0.2, 0.25) is 0 Å². The summed E-state index contributed by atoms with van der Waals surface area (Å²) in [5, 5.41) is 0. The first-order valence-corrected chi connectivity index (χ1v) is 4.23. The van der Waals surface area contributed by atoms with E-state index in [1.807, 2.05) is 11.8 Å². The summed E-state index contributed by atoms with van der Waals surface area (Å²) in [4.78, 5) is 0. The van der Waals surface area contributed by atoms with Gasteiger partial charge in [0, 0.05) is 0 Å². The molecule has 0 aliphatic rings. The highest BCUT2D eigenvalue weighted by atomic mass is 32.2. The Morgan fingerprint density at radius 1 is 1.00 bits per heavy atom. The van der Waals surface area contributed by atoms with Gasteiger partial charge in [-0.05, 0) is 24.3 Å². The molecule has 0 aliphatic heterocycles. The van der Waals surface area contributed by atoms with Gasteiger partial charge in [-0.25, -0.2) is 0 Å². The summed E-state index contributed by atoms with van der Waals surface area (Å²) in [5.74, 6) is 2.47. The van der Waals surface area contributed by atoms with E-state index in [9.17, 15) is 0 Å². The van der Waals surface area contributed by atoms with Crippen LogP contribution in [0, 0.1) is 13.8 Å². The Morgan fingerprint density at radius 3 is 2.25 bits per heavy atom. The van der Waals surface area contributed by atoms with Crippen molar-refractivity contribution < 1.29 is 0 Å². The maximum absolute atomic E-state index is 3.75. The molecule has 0 saturated heterocycles. The Bertz CT molecular complexity index is 29.4. The number of unbranched alkanes of at least 4 members (excludes halogenated alkanes) is 1. The fourth-order valence-corrected chi connectivity index (χ4v) is 1.22. The number of hydrogen-bond donors (Lipinski definition) is 0. The van der Waals surface area contributed by atoms with E-state index in [0.29, 0.717) is 0 Å². The molecule has 0 bridgehead atoms. The molecule has 0 nitrogen and oxygen atoms in total. The lowest BCUT2D eigenvalue weighted by Gasteiger charge is -1.94. The predicted molar refractivity (Wildman–Crippen MR) is 41.9 cm³/mol. The fraction of sp³-hybridized carbons (Fsp3) is 0.714. The summed E-state index contributed by atoms with van der Waals surface area (Å²) < 4.78 is 0. The molecule has 48 valence electrons. The van der Waals surface area contributed by atoms with E-state index >= 15 is 0 Å². The summed E-state index contributed by atoms with van der Waals surface area (Å²) >= 11 is 1.98. The molecular weight excluding hydrogens is 116 g/mol. The third kappa shape index (κ3) is 6.35. The molecule has 0 rings (SSSR count). The maximum atomic E-state index is 3.75. The van der Waals surface area contributed by atoms with Crippen LogP contribution in [-0.4, -0.2) is 11.5 Å². The smallest absolute Gasteiger partial charge is 0.00675 e. The Kier molecular flexibility index (Phi) is 7.67. The third-order valence-corrected chi connectivity index (χ3v) is 1.98. The summed E-state index contributed by atoms with van der Waals surface area (Å²) in [7, 11) is 0. The minimum absolute atomic E-state index is 1.06. The van der Waals surface area contributed by atoms with Gasteiger partial charge in [0.25, 0.3) is 0 Å². The lowest BCUT2D eigenvalue weighted by atomic mass is 10.4. The quantitative estimate of drug-likeness (QED) is 0.515. The van der Waals surface area contributed by atoms with Crippen molar-refractivity contribution in [3.8, 4) is 0 Å². The molecule has 0 aromatic rings. The topological polar surface area (TPSA) is 0 Å². The average Bonchev–Trinajstić information content (AvgIpc) is 1.81. The first-order valence-electron chi connectivity index (χ1n) is 3.08. The normalized spacial score (nSPS) is 9.75. The van der Waals surface area contributed by atoms with Gasteiger partial charge in [0.05, 0.1) is 0 Å². The molecule has 1 heteroatoms. The Hall–Kier alpha value is 0.350. The van der Waals surface area contributed by atoms with E-state index in [0.717, 1.165) is 12.8 Å². The van der Waals surface area contributed by atoms with Crippen molar-refractivity contribution in [2.75, 3.05) is 11.5 Å². The van der Waals surface area contributed by atoms with Crippen LogP contribution >= 0.6 is 11.8 Å². The Morgan fingerprint density at radius 2 is 1.75 bits per heavy atom. The third-order valence-electron chi connectivity index (χ3n) is 0.827. The molecule has 0 amide bonds. The molecule has 0 fully saturated rings. The highest BCUT2D eigenvalue weighted by Crippen LogP contribution is 2.04. The summed E-state index contributed by atoms with van der Waals surface area (Å²) in [6.45, 7) is 7.50. The molecule has 0 aliphatic carbocycles. The van der Waals surface area contributed by atoms with Crippen LogP contribution in [-0.2, 0) is 0 Å². The van der Waals surface area contributed by atoms with Crippen molar-refractivity contribution in [1.29, 1.82) is 0 Å². The standard InChI is InChI=1S/C7H14S/c1-3-5-7-8-6-4-2/h1-7H2. The molecule has 8 heavy (non-hydrogen) atoms. The zero-order valence-electron chi connectivity index (χ0n) is 5.36. The summed E-state index contributed by atoms with van der Waals surface area (Å²) in [6.07, 6.45) is 3.39. The van der Waals surface area contributed by atoms with Gasteiger partial charge in [-0.15, -0.1) is 0 Å². The first-order chi connectivity index (χ1) is 3.91. The van der Waals surface area contributed by atoms with Crippen LogP contribution in [0.3, 0.4) is 0 Å². The van der Waals surface area contributed by atoms with Crippen molar-refractivity contribution in [3.63, 3.8) is 0 Å². The zero-order chi connectivity index (χ0) is 6.24. The molecule has 0 saturated carbocycles. The van der Waals surface area contributed by atoms with Crippen LogP contribution < -0.4 is 0 Å². The van der Waals surface area contributed by atoms with E-state index < -0.39 is 0 Å². The van der Waals surface area contributed by atoms with Crippen molar-refractivity contribution in [3.05, 3.63) is 13.8 Å². The van der Waals surface area contributed by atoms with Gasteiger partial charge in [-0.2, -0.15) is 11.8 Å². The van der Waals surface area contributed by atoms with Gasteiger partial charge in [-0.1, -0.05) is 20.3 Å². The molecule has 0 spiro atoms. The van der Waals surface area contributed by atoms with Crippen LogP contribution in [0.1, 0.15) is 19.3 Å². The van der Waals surface area contributed by atoms with Crippen LogP contribution in [0.15, 0.2) is 0 Å². The van der Waals surface area contributed by atoms with Gasteiger partial charge in [-0.3, -0.25) is 0 Å². The molecule has 0 atom stereocenters. The monoisotopic (exact) mass is 130 g/mol. The van der Waals surface area contributed by atoms with E-state index in [4.69, 9.17) is 0 Å². The Labute approximate surface area is 57.1 Å². The molecule has 0 heterocycles. The van der Waals surface area contributed by atoms with E-state index in [2.05, 4.69) is 13.8 Å². The van der Waals surface area contributed by atoms with Gasteiger partial charge in [0.15, 0.2) is 0 Å². The molecule has 0 N–H and O–H groups in total. The highest BCUT2D eigenvalue weighted by molar-refractivity contribution is 7.99. The van der Waals surface area contributed by atoms with Crippen LogP contribution in [0.4, 0.5) is 0 Å². The average molecular weight is 130 g/mol. The van der Waals surface area contributed by atoms with Crippen molar-refractivity contribution in [2.24, 2.45) is 0 Å². The van der Waals surface area contributed by atoms with Gasteiger partial charge in [0.2, 0.25) is 0 Å². The summed E-state index contributed by atoms with van der Waals surface area (Å²) in [6, 6.07) is 0. The van der Waals surface area contributed by atoms with Crippen molar-refractivity contribution in [1.82, 2.24) is 0 Å². The lowest BCUT2D eigenvalue weighted by Crippen LogP contribution is -1.79. The number of thioether (sulfide) groups is 1. The minimum Gasteiger partial charge on any atom is -0.162 e. The second-order valence-corrected chi connectivity index (χ2v) is 2.90. The van der Waals surface area contributed by atoms with Crippen LogP contribution in [0.25, 0.3) is 0 Å². The van der Waals surface area contributed by atoms with Crippen molar-refractivity contribution in [2.45, 2.75) is 19.3 Å². The molecule has 0 aromatic heterocycles. The SMILES string of the molecule is [CH2]CCCSCC[CH2]. The molecule has 0 unspecified atom stereocenters. The van der Waals surface area contributed by atoms with Crippen molar-refractivity contribution >= 4 is 11.8 Å². The van der Waals surface area contributed by atoms with E-state index in [1.165, 1.54) is 17.9 Å². The molecule has 2 radical (unpaired) electrons. The van der Waals surface area contributed by atoms with Gasteiger partial charge < -0.3 is 0 Å². The zero-order valence-corrected chi connectivity index (χ0v) is 6.17. The van der Waals surface area contributed by atoms with E-state index in [-0.39, 0.29) is 0 Å². The fourth-order valence-electron chi connectivity index (χ4n) is 0.408. The summed E-state index contributed by atoms with van der Waals surface area (Å²) in [5.41, 5.74) is 0. The lowest BCUT2D eigenvalue weighted by molar-refractivity contribution is 0.968. The Balaban J connectivity index is 2.53. The highest BCUT2D eigenvalue weighted by Gasteiger charge is 1.83. The minimum atomic E-state index is 1.06. The largest absolute Gasteiger partial charge is 0.162 e. The molecular formula is C7H14S. The maximum Gasteiger partial charge on any atom is -0.00675 e. The van der Waals surface area contributed by atoms with Gasteiger partial charge in [0.1, 0.15) is 0 Å². The van der Waals surface area contributed by atoms with Gasteiger partial charge >= 0.3 is 0 Å². The van der Waals surface area contributed by atoms with Crippen LogP contribution in [0.5, 0.6) is 0 Å². The second-order valence-electron chi connectivity index (χ2n) is 1.67. The number of rotatable bonds is 5.